The molecule has 2 aromatic carbocycles. The summed E-state index contributed by atoms with van der Waals surface area (Å²) >= 11 is 5.54. The van der Waals surface area contributed by atoms with E-state index < -0.39 is 0 Å². The Labute approximate surface area is 194 Å². The van der Waals surface area contributed by atoms with Crippen molar-refractivity contribution >= 4 is 12.2 Å². The molecule has 2 unspecified atom stereocenters. The van der Waals surface area contributed by atoms with Gasteiger partial charge in [-0.05, 0) is 69.1 Å². The van der Waals surface area contributed by atoms with Crippen LogP contribution in [0, 0.1) is 11.7 Å². The van der Waals surface area contributed by atoms with Gasteiger partial charge in [0.1, 0.15) is 5.82 Å². The summed E-state index contributed by atoms with van der Waals surface area (Å²) in [6.07, 6.45) is 1.72. The third kappa shape index (κ3) is 5.03. The summed E-state index contributed by atoms with van der Waals surface area (Å²) in [6.45, 7) is 8.00. The highest BCUT2D eigenvalue weighted by Crippen LogP contribution is 2.31. The Balaban J connectivity index is 1.46. The number of rotatable bonds is 9. The van der Waals surface area contributed by atoms with Crippen LogP contribution in [0.4, 0.5) is 0 Å². The molecule has 1 saturated heterocycles. The van der Waals surface area contributed by atoms with Crippen LogP contribution in [-0.4, -0.2) is 28.0 Å². The lowest BCUT2D eigenvalue weighted by atomic mass is 10.0. The number of hydrogen-bond donors (Lipinski definition) is 3. The first kappa shape index (κ1) is 22.5. The van der Waals surface area contributed by atoms with E-state index in [1.807, 2.05) is 19.9 Å². The van der Waals surface area contributed by atoms with Gasteiger partial charge in [-0.15, -0.1) is 0 Å². The summed E-state index contributed by atoms with van der Waals surface area (Å²) < 4.78 is 14.2. The molecule has 0 aliphatic carbocycles. The molecule has 0 spiro atoms. The predicted octanol–water partition coefficient (Wildman–Crippen LogP) is 4.57. The van der Waals surface area contributed by atoms with Crippen LogP contribution in [0.15, 0.2) is 42.5 Å². The molecule has 170 valence electrons. The minimum Gasteiger partial charge on any atom is -0.490 e. The van der Waals surface area contributed by atoms with Gasteiger partial charge in [-0.1, -0.05) is 35.9 Å². The second kappa shape index (κ2) is 10.3. The van der Waals surface area contributed by atoms with Gasteiger partial charge in [0.25, 0.3) is 0 Å². The number of hydrazine groups is 1. The van der Waals surface area contributed by atoms with E-state index in [-0.39, 0.29) is 12.1 Å². The molecule has 1 aliphatic heterocycles. The monoisotopic (exact) mass is 453 g/mol. The number of aryl methyl sites for hydroxylation is 2. The fourth-order valence-corrected chi connectivity index (χ4v) is 4.28. The molecule has 0 amide bonds. The average Bonchev–Trinajstić information content (AvgIpc) is 3.41. The Morgan fingerprint density at radius 1 is 1.00 bits per heavy atom. The molecule has 8 heteroatoms. The SMILES string of the molecule is CCOc1ccc(CCn2c(C3CC(c4ccc(C)cc4)NN3)n[nH]c2=S)cc1OCC. The summed E-state index contributed by atoms with van der Waals surface area (Å²) in [5.41, 5.74) is 10.5. The first-order chi connectivity index (χ1) is 15.6. The van der Waals surface area contributed by atoms with Gasteiger partial charge in [0.15, 0.2) is 16.3 Å². The molecule has 3 N–H and O–H groups in total. The zero-order chi connectivity index (χ0) is 22.5. The normalized spacial score (nSPS) is 18.1. The average molecular weight is 454 g/mol. The zero-order valence-corrected chi connectivity index (χ0v) is 19.7. The summed E-state index contributed by atoms with van der Waals surface area (Å²) in [6, 6.07) is 15.1. The Kier molecular flexibility index (Phi) is 7.24. The predicted molar refractivity (Wildman–Crippen MR) is 127 cm³/mol. The Bertz CT molecular complexity index is 1090. The smallest absolute Gasteiger partial charge is 0.195 e. The zero-order valence-electron chi connectivity index (χ0n) is 18.9. The number of aromatic nitrogens is 3. The van der Waals surface area contributed by atoms with E-state index in [2.05, 4.69) is 68.9 Å². The van der Waals surface area contributed by atoms with E-state index in [4.69, 9.17) is 21.7 Å². The highest BCUT2D eigenvalue weighted by molar-refractivity contribution is 7.71. The van der Waals surface area contributed by atoms with Gasteiger partial charge in [0.2, 0.25) is 0 Å². The lowest BCUT2D eigenvalue weighted by molar-refractivity contribution is 0.287. The second-order valence-corrected chi connectivity index (χ2v) is 8.36. The quantitative estimate of drug-likeness (QED) is 0.412. The standard InChI is InChI=1S/C24H31N5O2S/c1-4-30-21-11-8-17(14-22(21)31-5-2)12-13-29-23(27-28-24(29)32)20-15-19(25-26-20)18-9-6-16(3)7-10-18/h6-11,14,19-20,25-26H,4-5,12-13,15H2,1-3H3,(H,28,32). The first-order valence-corrected chi connectivity index (χ1v) is 11.6. The Morgan fingerprint density at radius 2 is 1.72 bits per heavy atom. The Hall–Kier alpha value is -2.68. The minimum absolute atomic E-state index is 0.0774. The van der Waals surface area contributed by atoms with Crippen LogP contribution in [0.1, 0.15) is 54.9 Å². The van der Waals surface area contributed by atoms with Crippen molar-refractivity contribution < 1.29 is 9.47 Å². The molecular formula is C24H31N5O2S. The lowest BCUT2D eigenvalue weighted by Gasteiger charge is -2.14. The number of nitrogens with zero attached hydrogens (tertiary/aromatic N) is 2. The van der Waals surface area contributed by atoms with Crippen molar-refractivity contribution in [3.05, 3.63) is 69.8 Å². The van der Waals surface area contributed by atoms with Crippen molar-refractivity contribution in [1.29, 1.82) is 0 Å². The third-order valence-corrected chi connectivity index (χ3v) is 6.03. The van der Waals surface area contributed by atoms with Crippen LogP contribution in [0.5, 0.6) is 11.5 Å². The maximum Gasteiger partial charge on any atom is 0.195 e. The molecule has 0 radical (unpaired) electrons. The van der Waals surface area contributed by atoms with Crippen molar-refractivity contribution in [2.24, 2.45) is 0 Å². The van der Waals surface area contributed by atoms with Crippen molar-refractivity contribution in [2.75, 3.05) is 13.2 Å². The molecule has 4 rings (SSSR count). The third-order valence-electron chi connectivity index (χ3n) is 5.71. The largest absolute Gasteiger partial charge is 0.490 e. The first-order valence-electron chi connectivity index (χ1n) is 11.2. The van der Waals surface area contributed by atoms with Crippen LogP contribution in [0.25, 0.3) is 0 Å². The maximum absolute atomic E-state index is 5.77. The van der Waals surface area contributed by atoms with Gasteiger partial charge in [0.05, 0.1) is 19.3 Å². The molecule has 1 fully saturated rings. The molecule has 0 bridgehead atoms. The van der Waals surface area contributed by atoms with Crippen LogP contribution >= 0.6 is 12.2 Å². The van der Waals surface area contributed by atoms with Gasteiger partial charge < -0.3 is 14.0 Å². The van der Waals surface area contributed by atoms with E-state index in [1.165, 1.54) is 16.7 Å². The van der Waals surface area contributed by atoms with Crippen LogP contribution in [0.2, 0.25) is 0 Å². The van der Waals surface area contributed by atoms with Gasteiger partial charge in [0, 0.05) is 12.6 Å². The summed E-state index contributed by atoms with van der Waals surface area (Å²) in [4.78, 5) is 0. The second-order valence-electron chi connectivity index (χ2n) is 7.98. The van der Waals surface area contributed by atoms with Crippen molar-refractivity contribution in [2.45, 2.75) is 52.2 Å². The highest BCUT2D eigenvalue weighted by atomic mass is 32.1. The maximum atomic E-state index is 5.77. The number of ether oxygens (including phenoxy) is 2. The molecule has 32 heavy (non-hydrogen) atoms. The van der Waals surface area contributed by atoms with E-state index in [0.717, 1.165) is 36.7 Å². The number of benzene rings is 2. The van der Waals surface area contributed by atoms with Crippen LogP contribution in [0.3, 0.4) is 0 Å². The molecule has 0 saturated carbocycles. The molecular weight excluding hydrogens is 422 g/mol. The summed E-state index contributed by atoms with van der Waals surface area (Å²) in [5.74, 6) is 2.49. The van der Waals surface area contributed by atoms with Crippen molar-refractivity contribution in [3.8, 4) is 11.5 Å². The van der Waals surface area contributed by atoms with Gasteiger partial charge in [-0.25, -0.2) is 10.9 Å². The summed E-state index contributed by atoms with van der Waals surface area (Å²) in [5, 5.41) is 7.51. The highest BCUT2D eigenvalue weighted by Gasteiger charge is 2.29. The van der Waals surface area contributed by atoms with E-state index >= 15 is 0 Å². The minimum atomic E-state index is 0.0774. The van der Waals surface area contributed by atoms with E-state index in [0.29, 0.717) is 18.0 Å². The molecule has 3 aromatic rings. The van der Waals surface area contributed by atoms with Gasteiger partial charge in [-0.3, -0.25) is 5.10 Å². The number of H-pyrrole nitrogens is 1. The fraction of sp³-hybridized carbons (Fsp3) is 0.417. The topological polar surface area (TPSA) is 76.1 Å². The Morgan fingerprint density at radius 3 is 2.47 bits per heavy atom. The molecule has 7 nitrogen and oxygen atoms in total. The number of nitrogens with one attached hydrogen (secondary N) is 3. The molecule has 2 heterocycles. The van der Waals surface area contributed by atoms with Crippen LogP contribution in [-0.2, 0) is 13.0 Å². The molecule has 1 aromatic heterocycles. The van der Waals surface area contributed by atoms with Crippen molar-refractivity contribution in [1.82, 2.24) is 25.6 Å². The number of hydrogen-bond acceptors (Lipinski definition) is 6. The number of aromatic amines is 1. The van der Waals surface area contributed by atoms with Gasteiger partial charge in [-0.2, -0.15) is 5.10 Å². The van der Waals surface area contributed by atoms with E-state index in [1.54, 1.807) is 0 Å². The van der Waals surface area contributed by atoms with E-state index in [9.17, 15) is 0 Å². The van der Waals surface area contributed by atoms with Crippen LogP contribution < -0.4 is 20.3 Å². The van der Waals surface area contributed by atoms with Crippen molar-refractivity contribution in [3.63, 3.8) is 0 Å². The summed E-state index contributed by atoms with van der Waals surface area (Å²) in [7, 11) is 0. The fourth-order valence-electron chi connectivity index (χ4n) is 4.05. The molecule has 2 atom stereocenters. The molecule has 1 aliphatic rings. The lowest BCUT2D eigenvalue weighted by Crippen LogP contribution is -2.28. The van der Waals surface area contributed by atoms with Gasteiger partial charge >= 0.3 is 0 Å².